The highest BCUT2D eigenvalue weighted by Gasteiger charge is 2.16. The molecule has 1 atom stereocenters. The summed E-state index contributed by atoms with van der Waals surface area (Å²) < 4.78 is 13.6. The van der Waals surface area contributed by atoms with Crippen LogP contribution in [-0.4, -0.2) is 0 Å². The summed E-state index contributed by atoms with van der Waals surface area (Å²) in [4.78, 5) is 0.883. The van der Waals surface area contributed by atoms with Crippen molar-refractivity contribution in [3.63, 3.8) is 0 Å². The lowest BCUT2D eigenvalue weighted by Crippen LogP contribution is -2.13. The standard InChI is InChI=1S/C13H12Cl2FNS/c1-7-6-18-13(12(7)15)11(17)5-8-4-9(14)2-3-10(8)16/h2-4,6,11H,5,17H2,1H3. The molecule has 0 aliphatic carbocycles. The maximum absolute atomic E-state index is 13.6. The maximum atomic E-state index is 13.6. The van der Waals surface area contributed by atoms with Crippen molar-refractivity contribution in [2.75, 3.05) is 0 Å². The van der Waals surface area contributed by atoms with E-state index >= 15 is 0 Å². The van der Waals surface area contributed by atoms with Crippen molar-refractivity contribution < 1.29 is 4.39 Å². The average Bonchev–Trinajstić information content (AvgIpc) is 2.65. The van der Waals surface area contributed by atoms with E-state index in [0.29, 0.717) is 22.0 Å². The van der Waals surface area contributed by atoms with E-state index in [0.717, 1.165) is 10.4 Å². The lowest BCUT2D eigenvalue weighted by atomic mass is 10.0. The van der Waals surface area contributed by atoms with Gasteiger partial charge < -0.3 is 5.73 Å². The van der Waals surface area contributed by atoms with Crippen molar-refractivity contribution in [1.29, 1.82) is 0 Å². The van der Waals surface area contributed by atoms with Gasteiger partial charge >= 0.3 is 0 Å². The van der Waals surface area contributed by atoms with Crippen molar-refractivity contribution in [3.05, 3.63) is 55.4 Å². The summed E-state index contributed by atoms with van der Waals surface area (Å²) in [6.07, 6.45) is 0.381. The van der Waals surface area contributed by atoms with E-state index in [-0.39, 0.29) is 11.9 Å². The maximum Gasteiger partial charge on any atom is 0.126 e. The molecule has 0 amide bonds. The molecule has 0 radical (unpaired) electrons. The van der Waals surface area contributed by atoms with Gasteiger partial charge in [-0.05, 0) is 48.1 Å². The minimum absolute atomic E-state index is 0.292. The lowest BCUT2D eigenvalue weighted by Gasteiger charge is -2.11. The second kappa shape index (κ2) is 5.57. The molecule has 0 fully saturated rings. The molecule has 0 aliphatic rings. The van der Waals surface area contributed by atoms with Crippen LogP contribution >= 0.6 is 34.5 Å². The highest BCUT2D eigenvalue weighted by Crippen LogP contribution is 2.33. The van der Waals surface area contributed by atoms with Crippen LogP contribution < -0.4 is 5.73 Å². The zero-order valence-corrected chi connectivity index (χ0v) is 12.0. The van der Waals surface area contributed by atoms with Gasteiger partial charge in [0, 0.05) is 15.9 Å². The molecule has 1 nitrogen and oxygen atoms in total. The fourth-order valence-corrected chi connectivity index (χ4v) is 3.26. The predicted octanol–water partition coefficient (Wildman–Crippen LogP) is 4.74. The van der Waals surface area contributed by atoms with Crippen molar-refractivity contribution in [1.82, 2.24) is 0 Å². The fraction of sp³-hybridized carbons (Fsp3) is 0.231. The normalized spacial score (nSPS) is 12.7. The largest absolute Gasteiger partial charge is 0.323 e. The van der Waals surface area contributed by atoms with Gasteiger partial charge in [-0.15, -0.1) is 11.3 Å². The molecule has 0 spiro atoms. The van der Waals surface area contributed by atoms with Crippen molar-refractivity contribution in [3.8, 4) is 0 Å². The van der Waals surface area contributed by atoms with E-state index in [1.165, 1.54) is 23.5 Å². The Labute approximate surface area is 119 Å². The molecule has 1 unspecified atom stereocenters. The third kappa shape index (κ3) is 2.86. The van der Waals surface area contributed by atoms with E-state index in [9.17, 15) is 4.39 Å². The topological polar surface area (TPSA) is 26.0 Å². The predicted molar refractivity (Wildman–Crippen MR) is 76.1 cm³/mol. The van der Waals surface area contributed by atoms with Gasteiger partial charge in [0.1, 0.15) is 5.82 Å². The van der Waals surface area contributed by atoms with Crippen LogP contribution in [0.3, 0.4) is 0 Å². The molecule has 96 valence electrons. The molecular weight excluding hydrogens is 292 g/mol. The zero-order chi connectivity index (χ0) is 13.3. The minimum Gasteiger partial charge on any atom is -0.323 e. The summed E-state index contributed by atoms with van der Waals surface area (Å²) >= 11 is 13.5. The number of nitrogens with two attached hydrogens (primary N) is 1. The van der Waals surface area contributed by atoms with E-state index < -0.39 is 0 Å². The van der Waals surface area contributed by atoms with Crippen molar-refractivity contribution in [2.24, 2.45) is 5.73 Å². The molecule has 2 rings (SSSR count). The molecular formula is C13H12Cl2FNS. The first-order chi connectivity index (χ1) is 8.49. The van der Waals surface area contributed by atoms with Gasteiger partial charge in [0.2, 0.25) is 0 Å². The Balaban J connectivity index is 2.23. The molecule has 18 heavy (non-hydrogen) atoms. The number of rotatable bonds is 3. The lowest BCUT2D eigenvalue weighted by molar-refractivity contribution is 0.595. The van der Waals surface area contributed by atoms with Gasteiger partial charge in [0.25, 0.3) is 0 Å². The Hall–Kier alpha value is -0.610. The second-order valence-electron chi connectivity index (χ2n) is 4.14. The van der Waals surface area contributed by atoms with Gasteiger partial charge in [-0.25, -0.2) is 4.39 Å². The van der Waals surface area contributed by atoms with Crippen LogP contribution in [0, 0.1) is 12.7 Å². The first kappa shape index (κ1) is 13.8. The summed E-state index contributed by atoms with van der Waals surface area (Å²) in [7, 11) is 0. The highest BCUT2D eigenvalue weighted by atomic mass is 35.5. The van der Waals surface area contributed by atoms with Gasteiger partial charge in [0.05, 0.1) is 5.02 Å². The Bertz CT molecular complexity index is 568. The first-order valence-corrected chi connectivity index (χ1v) is 7.05. The smallest absolute Gasteiger partial charge is 0.126 e. The Morgan fingerprint density at radius 2 is 2.11 bits per heavy atom. The van der Waals surface area contributed by atoms with Crippen LogP contribution in [0.2, 0.25) is 10.0 Å². The van der Waals surface area contributed by atoms with E-state index in [4.69, 9.17) is 28.9 Å². The number of aryl methyl sites for hydroxylation is 1. The number of benzene rings is 1. The van der Waals surface area contributed by atoms with Crippen LogP contribution in [-0.2, 0) is 6.42 Å². The summed E-state index contributed by atoms with van der Waals surface area (Å²) in [5.41, 5.74) is 7.59. The molecule has 0 saturated carbocycles. The quantitative estimate of drug-likeness (QED) is 0.870. The molecule has 0 bridgehead atoms. The van der Waals surface area contributed by atoms with Crippen molar-refractivity contribution in [2.45, 2.75) is 19.4 Å². The first-order valence-electron chi connectivity index (χ1n) is 5.42. The average molecular weight is 304 g/mol. The summed E-state index contributed by atoms with van der Waals surface area (Å²) in [5, 5.41) is 3.13. The van der Waals surface area contributed by atoms with Crippen LogP contribution in [0.4, 0.5) is 4.39 Å². The Morgan fingerprint density at radius 1 is 1.39 bits per heavy atom. The molecule has 2 aromatic rings. The number of halogens is 3. The van der Waals surface area contributed by atoms with E-state index in [1.54, 1.807) is 6.07 Å². The van der Waals surface area contributed by atoms with Gasteiger partial charge in [-0.3, -0.25) is 0 Å². The number of hydrogen-bond acceptors (Lipinski definition) is 2. The Kier molecular flexibility index (Phi) is 4.28. The summed E-state index contributed by atoms with van der Waals surface area (Å²) in [6, 6.07) is 4.16. The van der Waals surface area contributed by atoms with Crippen LogP contribution in [0.5, 0.6) is 0 Å². The number of thiophene rings is 1. The zero-order valence-electron chi connectivity index (χ0n) is 9.71. The van der Waals surface area contributed by atoms with Crippen molar-refractivity contribution >= 4 is 34.5 Å². The summed E-state index contributed by atoms with van der Waals surface area (Å²) in [6.45, 7) is 1.93. The second-order valence-corrected chi connectivity index (χ2v) is 5.87. The monoisotopic (exact) mass is 303 g/mol. The third-order valence-corrected chi connectivity index (χ3v) is 4.79. The third-order valence-electron chi connectivity index (χ3n) is 2.71. The van der Waals surface area contributed by atoms with Crippen LogP contribution in [0.1, 0.15) is 22.0 Å². The molecule has 0 saturated heterocycles. The molecule has 2 N–H and O–H groups in total. The fourth-order valence-electron chi connectivity index (χ4n) is 1.73. The van der Waals surface area contributed by atoms with E-state index in [1.807, 2.05) is 12.3 Å². The van der Waals surface area contributed by atoms with Crippen LogP contribution in [0.15, 0.2) is 23.6 Å². The van der Waals surface area contributed by atoms with Crippen LogP contribution in [0.25, 0.3) is 0 Å². The van der Waals surface area contributed by atoms with Gasteiger partial charge in [-0.1, -0.05) is 23.2 Å². The summed E-state index contributed by atoms with van der Waals surface area (Å²) in [5.74, 6) is -0.292. The highest BCUT2D eigenvalue weighted by molar-refractivity contribution is 7.10. The minimum atomic E-state index is -0.316. The SMILES string of the molecule is Cc1csc(C(N)Cc2cc(Cl)ccc2F)c1Cl. The molecule has 1 aromatic carbocycles. The molecule has 5 heteroatoms. The molecule has 0 aliphatic heterocycles. The van der Waals surface area contributed by atoms with Gasteiger partial charge in [-0.2, -0.15) is 0 Å². The Morgan fingerprint density at radius 3 is 2.72 bits per heavy atom. The number of hydrogen-bond donors (Lipinski definition) is 1. The molecule has 1 heterocycles. The molecule has 1 aromatic heterocycles. The van der Waals surface area contributed by atoms with Gasteiger partial charge in [0.15, 0.2) is 0 Å². The van der Waals surface area contributed by atoms with E-state index in [2.05, 4.69) is 0 Å².